The van der Waals surface area contributed by atoms with Gasteiger partial charge < -0.3 is 9.80 Å². The largest absolute Gasteiger partial charge is 0.310 e. The van der Waals surface area contributed by atoms with Gasteiger partial charge in [-0.3, -0.25) is 0 Å². The van der Waals surface area contributed by atoms with E-state index in [1.807, 2.05) is 0 Å². The molecule has 0 amide bonds. The Kier molecular flexibility index (Phi) is 12.9. The lowest BCUT2D eigenvalue weighted by Gasteiger charge is -2.38. The molecule has 12 aromatic rings. The summed E-state index contributed by atoms with van der Waals surface area (Å²) in [5.74, 6) is 4.71. The lowest BCUT2D eigenvalue weighted by atomic mass is 9.67. The molecule has 488 valence electrons. The Bertz CT molecular complexity index is 5130. The lowest BCUT2D eigenvalue weighted by molar-refractivity contribution is 0.166. The summed E-state index contributed by atoms with van der Waals surface area (Å²) in [7, 11) is 0. The van der Waals surface area contributed by atoms with Crippen LogP contribution in [-0.4, -0.2) is 0 Å². The van der Waals surface area contributed by atoms with Crippen LogP contribution < -0.4 is 9.80 Å². The molecule has 0 saturated heterocycles. The van der Waals surface area contributed by atoms with Crippen LogP contribution in [0.4, 0.5) is 34.1 Å². The molecule has 0 N–H and O–H groups in total. The molecule has 12 aromatic carbocycles. The van der Waals surface area contributed by atoms with E-state index < -0.39 is 5.41 Å². The van der Waals surface area contributed by atoms with Crippen molar-refractivity contribution in [3.63, 3.8) is 0 Å². The zero-order chi connectivity index (χ0) is 66.5. The van der Waals surface area contributed by atoms with Crippen LogP contribution in [0.25, 0.3) is 66.8 Å². The highest BCUT2D eigenvalue weighted by Crippen LogP contribution is 2.68. The molecule has 0 radical (unpaired) electrons. The molecule has 5 atom stereocenters. The molecule has 6 bridgehead atoms. The van der Waals surface area contributed by atoms with Crippen LogP contribution in [-0.2, 0) is 16.2 Å². The van der Waals surface area contributed by atoms with Crippen molar-refractivity contribution in [2.75, 3.05) is 9.80 Å². The van der Waals surface area contributed by atoms with E-state index in [9.17, 15) is 0 Å². The Morgan fingerprint density at radius 1 is 0.290 bits per heavy atom. The predicted octanol–water partition coefficient (Wildman–Crippen LogP) is 26.5. The van der Waals surface area contributed by atoms with Crippen molar-refractivity contribution in [3.8, 4) is 66.8 Å². The Hall–Kier alpha value is -9.76. The highest BCUT2D eigenvalue weighted by molar-refractivity contribution is 6.01. The summed E-state index contributed by atoms with van der Waals surface area (Å²) in [5.41, 5.74) is 39.9. The van der Waals surface area contributed by atoms with Gasteiger partial charge in [0.25, 0.3) is 0 Å². The van der Waals surface area contributed by atoms with E-state index in [2.05, 4.69) is 299 Å². The summed E-state index contributed by atoms with van der Waals surface area (Å²) in [6.45, 7) is 12.2. The second kappa shape index (κ2) is 21.9. The summed E-state index contributed by atoms with van der Waals surface area (Å²) < 4.78 is 0. The van der Waals surface area contributed by atoms with E-state index in [0.29, 0.717) is 23.7 Å². The standard InChI is InChI=1S/C98H86N2/c1-6-62-45-59-22-21-27-65(46-59)82-57-92-84(55-80(62)82)85-56-81-66-47-60-44-61(48-66)50-67(49-60)83(81)58-93(85)98(92)90-53-70(99(94-34-19-15-28-72(94)63-23-9-7-10-24-63)68-36-40-76-74-30-13-17-32-86(74)96(2,3)88(76)51-68)38-42-78(90)79-43-39-71(54-91(79)98)100(95-35-20-16-29-73(95)64-25-11-8-12-26-64)69-37-41-77-75-31-14-18-33-87(75)97(4,5)89(77)52-69/h7-20,23-26,28-43,51-62,65-67H,6,21-22,27,44-50H2,1-5H3. The van der Waals surface area contributed by atoms with Crippen LogP contribution in [0.5, 0.6) is 0 Å². The van der Waals surface area contributed by atoms with Crippen molar-refractivity contribution < 1.29 is 0 Å². The molecule has 5 unspecified atom stereocenters. The van der Waals surface area contributed by atoms with Crippen LogP contribution in [0.1, 0.15) is 196 Å². The number of benzene rings is 12. The summed E-state index contributed by atoms with van der Waals surface area (Å²) in [4.78, 5) is 5.29. The zero-order valence-electron chi connectivity index (χ0n) is 58.5. The fourth-order valence-electron chi connectivity index (χ4n) is 22.7. The average molecular weight is 1290 g/mol. The summed E-state index contributed by atoms with van der Waals surface area (Å²) >= 11 is 0. The normalized spacial score (nSPS) is 22.2. The highest BCUT2D eigenvalue weighted by atomic mass is 15.2. The Morgan fingerprint density at radius 3 is 1.14 bits per heavy atom. The molecular formula is C98H86N2. The van der Waals surface area contributed by atoms with E-state index in [4.69, 9.17) is 0 Å². The topological polar surface area (TPSA) is 6.48 Å². The van der Waals surface area contributed by atoms with Crippen LogP contribution >= 0.6 is 0 Å². The van der Waals surface area contributed by atoms with Crippen molar-refractivity contribution in [1.82, 2.24) is 0 Å². The fourth-order valence-corrected chi connectivity index (χ4v) is 22.7. The molecule has 2 heteroatoms. The molecule has 10 aliphatic carbocycles. The van der Waals surface area contributed by atoms with Crippen molar-refractivity contribution in [1.29, 1.82) is 0 Å². The van der Waals surface area contributed by atoms with E-state index in [-0.39, 0.29) is 10.8 Å². The minimum Gasteiger partial charge on any atom is -0.310 e. The Labute approximate surface area is 591 Å². The number of hydrogen-bond donors (Lipinski definition) is 0. The highest BCUT2D eigenvalue weighted by Gasteiger charge is 2.55. The molecule has 3 fully saturated rings. The Balaban J connectivity index is 0.864. The van der Waals surface area contributed by atoms with E-state index in [1.165, 1.54) is 216 Å². The third kappa shape index (κ3) is 8.43. The smallest absolute Gasteiger partial charge is 0.0727 e. The van der Waals surface area contributed by atoms with Gasteiger partial charge in [0.05, 0.1) is 16.8 Å². The first-order valence-corrected chi connectivity index (χ1v) is 38.0. The second-order valence-electron chi connectivity index (χ2n) is 32.9. The number of nitrogens with zero attached hydrogens (tertiary/aromatic N) is 2. The molecule has 0 aliphatic heterocycles. The van der Waals surface area contributed by atoms with E-state index in [0.717, 1.165) is 17.8 Å². The van der Waals surface area contributed by atoms with Gasteiger partial charge in [-0.1, -0.05) is 242 Å². The number of rotatable bonds is 9. The number of fused-ring (bicyclic) bond motifs is 20. The van der Waals surface area contributed by atoms with Crippen LogP contribution in [0.2, 0.25) is 0 Å². The first-order valence-electron chi connectivity index (χ1n) is 38.0. The molecule has 22 rings (SSSR count). The predicted molar refractivity (Wildman–Crippen MR) is 416 cm³/mol. The lowest BCUT2D eigenvalue weighted by Crippen LogP contribution is -2.28. The zero-order valence-corrected chi connectivity index (χ0v) is 58.5. The number of para-hydroxylation sites is 2. The van der Waals surface area contributed by atoms with E-state index in [1.54, 1.807) is 22.3 Å². The molecule has 100 heavy (non-hydrogen) atoms. The van der Waals surface area contributed by atoms with Crippen LogP contribution in [0.15, 0.2) is 255 Å². The molecule has 2 nitrogen and oxygen atoms in total. The summed E-state index contributed by atoms with van der Waals surface area (Å²) in [6, 6.07) is 101. The van der Waals surface area contributed by atoms with Crippen molar-refractivity contribution >= 4 is 34.1 Å². The molecule has 0 aromatic heterocycles. The van der Waals surface area contributed by atoms with Gasteiger partial charge >= 0.3 is 0 Å². The molecule has 1 spiro atoms. The van der Waals surface area contributed by atoms with Gasteiger partial charge in [0, 0.05) is 44.7 Å². The van der Waals surface area contributed by atoms with Crippen LogP contribution in [0.3, 0.4) is 0 Å². The first-order chi connectivity index (χ1) is 49.0. The van der Waals surface area contributed by atoms with Gasteiger partial charge in [0.1, 0.15) is 0 Å². The fraction of sp³-hybridized carbons (Fsp3) is 0.265. The van der Waals surface area contributed by atoms with Crippen LogP contribution in [0, 0.1) is 17.8 Å². The first kappa shape index (κ1) is 59.1. The maximum Gasteiger partial charge on any atom is 0.0727 e. The van der Waals surface area contributed by atoms with Gasteiger partial charge in [-0.15, -0.1) is 0 Å². The van der Waals surface area contributed by atoms with Gasteiger partial charge in [-0.2, -0.15) is 0 Å². The number of hydrogen-bond acceptors (Lipinski definition) is 2. The Morgan fingerprint density at radius 2 is 0.660 bits per heavy atom. The third-order valence-electron chi connectivity index (χ3n) is 27.1. The maximum absolute atomic E-state index is 2.90. The number of anilines is 6. The second-order valence-corrected chi connectivity index (χ2v) is 32.9. The van der Waals surface area contributed by atoms with Crippen molar-refractivity contribution in [2.45, 2.75) is 145 Å². The minimum absolute atomic E-state index is 0.189. The van der Waals surface area contributed by atoms with Crippen molar-refractivity contribution in [3.05, 3.63) is 322 Å². The summed E-state index contributed by atoms with van der Waals surface area (Å²) in [6.07, 6.45) is 14.5. The third-order valence-corrected chi connectivity index (χ3v) is 27.1. The van der Waals surface area contributed by atoms with E-state index >= 15 is 0 Å². The van der Waals surface area contributed by atoms with Gasteiger partial charge in [0.2, 0.25) is 0 Å². The van der Waals surface area contributed by atoms with Gasteiger partial charge in [-0.05, 0) is 282 Å². The quantitative estimate of drug-likeness (QED) is 0.142. The van der Waals surface area contributed by atoms with Gasteiger partial charge in [0.15, 0.2) is 0 Å². The average Bonchev–Trinajstić information content (AvgIpc) is 1.50. The molecule has 10 aliphatic rings. The van der Waals surface area contributed by atoms with Gasteiger partial charge in [-0.25, -0.2) is 0 Å². The SMILES string of the molecule is CCC1CC2CCCC(C2)c2cc3c(cc21)-c1cc2c(cc1C31c3cc(N(c4ccc5c(c4)C(C)(C)c4ccccc4-5)c4ccccc4-c4ccccc4)ccc3-c3ccc(N(c4ccc5c(c4)C(C)(C)c4ccccc4-5)c4ccccc4-c4ccccc4)cc31)C1CC3CC(CC2C3)C1. The molecular weight excluding hydrogens is 1210 g/mol. The molecule has 0 heterocycles. The minimum atomic E-state index is -0.671. The molecule has 3 saturated carbocycles. The van der Waals surface area contributed by atoms with Crippen molar-refractivity contribution in [2.24, 2.45) is 17.8 Å². The summed E-state index contributed by atoms with van der Waals surface area (Å²) in [5, 5.41) is 0. The maximum atomic E-state index is 2.90. The monoisotopic (exact) mass is 1290 g/mol.